The molecule has 0 bridgehead atoms. The van der Waals surface area contributed by atoms with Gasteiger partial charge < -0.3 is 19.5 Å². The van der Waals surface area contributed by atoms with E-state index in [1.54, 1.807) is 7.11 Å². The van der Waals surface area contributed by atoms with Crippen molar-refractivity contribution in [2.24, 2.45) is 0 Å². The standard InChI is InChI=1S/C33H42N2O3/c1-3-35(24-25-8-7-9-31(20-25)38-19-18-34-16-5-4-6-17-34)33-23-30(37-2)14-15-32(33)28-11-10-27-22-29(36)13-12-26(27)21-28/h7-9,12-15,20,22-23,28,36H,3-6,10-11,16-19,21,24H2,1-2H3. The average molecular weight is 515 g/mol. The number of benzene rings is 3. The molecule has 2 aliphatic rings. The summed E-state index contributed by atoms with van der Waals surface area (Å²) in [5, 5.41) is 9.91. The molecule has 1 atom stereocenters. The van der Waals surface area contributed by atoms with Crippen LogP contribution in [0.15, 0.2) is 60.7 Å². The van der Waals surface area contributed by atoms with Gasteiger partial charge in [0.1, 0.15) is 23.9 Å². The van der Waals surface area contributed by atoms with Crippen molar-refractivity contribution >= 4 is 5.69 Å². The van der Waals surface area contributed by atoms with Crippen LogP contribution in [-0.4, -0.2) is 49.9 Å². The van der Waals surface area contributed by atoms with Crippen LogP contribution in [0.2, 0.25) is 0 Å². The summed E-state index contributed by atoms with van der Waals surface area (Å²) in [7, 11) is 1.74. The highest BCUT2D eigenvalue weighted by Gasteiger charge is 2.25. The minimum absolute atomic E-state index is 0.363. The maximum Gasteiger partial charge on any atom is 0.120 e. The largest absolute Gasteiger partial charge is 0.508 e. The molecule has 38 heavy (non-hydrogen) atoms. The Labute approximate surface area is 228 Å². The number of aromatic hydroxyl groups is 1. The highest BCUT2D eigenvalue weighted by Crippen LogP contribution is 2.40. The molecule has 0 spiro atoms. The van der Waals surface area contributed by atoms with Crippen LogP contribution < -0.4 is 14.4 Å². The van der Waals surface area contributed by atoms with Crippen molar-refractivity contribution < 1.29 is 14.6 Å². The maximum absolute atomic E-state index is 9.91. The van der Waals surface area contributed by atoms with Gasteiger partial charge >= 0.3 is 0 Å². The Balaban J connectivity index is 1.31. The second kappa shape index (κ2) is 12.6. The normalized spacial score (nSPS) is 17.6. The van der Waals surface area contributed by atoms with Crippen LogP contribution in [0.5, 0.6) is 17.2 Å². The van der Waals surface area contributed by atoms with Crippen molar-refractivity contribution in [2.75, 3.05) is 44.8 Å². The summed E-state index contributed by atoms with van der Waals surface area (Å²) in [6.07, 6.45) is 7.04. The van der Waals surface area contributed by atoms with Gasteiger partial charge in [0.05, 0.1) is 7.11 Å². The summed E-state index contributed by atoms with van der Waals surface area (Å²) in [5.74, 6) is 2.64. The van der Waals surface area contributed by atoms with Crippen molar-refractivity contribution in [1.82, 2.24) is 4.90 Å². The topological polar surface area (TPSA) is 45.2 Å². The zero-order valence-electron chi connectivity index (χ0n) is 23.0. The SMILES string of the molecule is CCN(Cc1cccc(OCCN2CCCCC2)c1)c1cc(OC)ccc1C1CCc2cc(O)ccc2C1. The zero-order chi connectivity index (χ0) is 26.3. The van der Waals surface area contributed by atoms with E-state index in [2.05, 4.69) is 65.3 Å². The van der Waals surface area contributed by atoms with Gasteiger partial charge in [-0.3, -0.25) is 4.90 Å². The molecule has 202 valence electrons. The first-order chi connectivity index (χ1) is 18.6. The molecule has 0 saturated carbocycles. The molecule has 1 aliphatic carbocycles. The number of methoxy groups -OCH3 is 1. The molecule has 0 aromatic heterocycles. The van der Waals surface area contributed by atoms with Crippen LogP contribution in [-0.2, 0) is 19.4 Å². The van der Waals surface area contributed by atoms with E-state index in [1.165, 1.54) is 60.3 Å². The van der Waals surface area contributed by atoms with Crippen LogP contribution in [0.3, 0.4) is 0 Å². The minimum Gasteiger partial charge on any atom is -0.508 e. The minimum atomic E-state index is 0.363. The predicted molar refractivity (Wildman–Crippen MR) is 155 cm³/mol. The Morgan fingerprint density at radius 2 is 1.82 bits per heavy atom. The van der Waals surface area contributed by atoms with E-state index in [0.29, 0.717) is 11.7 Å². The lowest BCUT2D eigenvalue weighted by atomic mass is 9.79. The zero-order valence-corrected chi connectivity index (χ0v) is 23.0. The Bertz CT molecular complexity index is 1200. The number of nitrogens with zero attached hydrogens (tertiary/aromatic N) is 2. The van der Waals surface area contributed by atoms with Gasteiger partial charge in [-0.1, -0.05) is 30.7 Å². The van der Waals surface area contributed by atoms with Crippen molar-refractivity contribution in [3.8, 4) is 17.2 Å². The first-order valence-corrected chi connectivity index (χ1v) is 14.3. The molecule has 1 aliphatic heterocycles. The van der Waals surface area contributed by atoms with E-state index in [-0.39, 0.29) is 0 Å². The van der Waals surface area contributed by atoms with Gasteiger partial charge in [0, 0.05) is 31.4 Å². The number of hydrogen-bond donors (Lipinski definition) is 1. The molecule has 0 amide bonds. The summed E-state index contributed by atoms with van der Waals surface area (Å²) in [6, 6.07) is 21.0. The van der Waals surface area contributed by atoms with Gasteiger partial charge in [-0.25, -0.2) is 0 Å². The number of phenols is 1. The fourth-order valence-corrected chi connectivity index (χ4v) is 6.07. The summed E-state index contributed by atoms with van der Waals surface area (Å²) in [6.45, 7) is 8.08. The molecule has 3 aromatic rings. The van der Waals surface area contributed by atoms with Gasteiger partial charge in [-0.2, -0.15) is 0 Å². The second-order valence-corrected chi connectivity index (χ2v) is 10.7. The lowest BCUT2D eigenvalue weighted by molar-refractivity contribution is 0.183. The van der Waals surface area contributed by atoms with Crippen LogP contribution in [0, 0.1) is 0 Å². The Kier molecular flexibility index (Phi) is 8.75. The molecule has 1 heterocycles. The molecular weight excluding hydrogens is 472 g/mol. The first kappa shape index (κ1) is 26.4. The van der Waals surface area contributed by atoms with Crippen molar-refractivity contribution in [2.45, 2.75) is 57.9 Å². The third-order valence-corrected chi connectivity index (χ3v) is 8.21. The van der Waals surface area contributed by atoms with E-state index >= 15 is 0 Å². The number of ether oxygens (including phenoxy) is 2. The fraction of sp³-hybridized carbons (Fsp3) is 0.455. The third-order valence-electron chi connectivity index (χ3n) is 8.21. The van der Waals surface area contributed by atoms with E-state index in [0.717, 1.165) is 57.0 Å². The number of rotatable bonds is 10. The number of fused-ring (bicyclic) bond motifs is 1. The fourth-order valence-electron chi connectivity index (χ4n) is 6.07. The lowest BCUT2D eigenvalue weighted by Crippen LogP contribution is -2.33. The molecular formula is C33H42N2O3. The number of hydrogen-bond acceptors (Lipinski definition) is 5. The molecule has 1 N–H and O–H groups in total. The molecule has 0 radical (unpaired) electrons. The quantitative estimate of drug-likeness (QED) is 0.332. The van der Waals surface area contributed by atoms with E-state index in [9.17, 15) is 5.11 Å². The van der Waals surface area contributed by atoms with Crippen LogP contribution in [0.25, 0.3) is 0 Å². The second-order valence-electron chi connectivity index (χ2n) is 10.7. The van der Waals surface area contributed by atoms with Gasteiger partial charge in [0.15, 0.2) is 0 Å². The third kappa shape index (κ3) is 6.44. The summed E-state index contributed by atoms with van der Waals surface area (Å²) < 4.78 is 11.8. The van der Waals surface area contributed by atoms with Crippen molar-refractivity contribution in [1.29, 1.82) is 0 Å². The summed E-state index contributed by atoms with van der Waals surface area (Å²) in [5.41, 5.74) is 6.50. The molecule has 5 rings (SSSR count). The van der Waals surface area contributed by atoms with E-state index in [4.69, 9.17) is 9.47 Å². The molecule has 1 saturated heterocycles. The number of phenolic OH excluding ortho intramolecular Hbond substituents is 1. The van der Waals surface area contributed by atoms with Crippen molar-refractivity contribution in [3.05, 3.63) is 82.9 Å². The first-order valence-electron chi connectivity index (χ1n) is 14.3. The molecule has 1 unspecified atom stereocenters. The number of anilines is 1. The molecule has 1 fully saturated rings. The Hall–Kier alpha value is -3.18. The number of likely N-dealkylation sites (tertiary alicyclic amines) is 1. The predicted octanol–water partition coefficient (Wildman–Crippen LogP) is 6.56. The van der Waals surface area contributed by atoms with E-state index in [1.807, 2.05) is 12.1 Å². The monoisotopic (exact) mass is 514 g/mol. The van der Waals surface area contributed by atoms with Gasteiger partial charge in [-0.05, 0) is 111 Å². The smallest absolute Gasteiger partial charge is 0.120 e. The highest BCUT2D eigenvalue weighted by atomic mass is 16.5. The highest BCUT2D eigenvalue weighted by molar-refractivity contribution is 5.60. The van der Waals surface area contributed by atoms with Crippen molar-refractivity contribution in [3.63, 3.8) is 0 Å². The van der Waals surface area contributed by atoms with Crippen LogP contribution in [0.1, 0.15) is 60.8 Å². The molecule has 5 nitrogen and oxygen atoms in total. The lowest BCUT2D eigenvalue weighted by Gasteiger charge is -2.32. The summed E-state index contributed by atoms with van der Waals surface area (Å²) >= 11 is 0. The van der Waals surface area contributed by atoms with Crippen LogP contribution in [0.4, 0.5) is 5.69 Å². The van der Waals surface area contributed by atoms with Gasteiger partial charge in [0.25, 0.3) is 0 Å². The Morgan fingerprint density at radius 1 is 0.947 bits per heavy atom. The van der Waals surface area contributed by atoms with Crippen LogP contribution >= 0.6 is 0 Å². The van der Waals surface area contributed by atoms with Gasteiger partial charge in [-0.15, -0.1) is 0 Å². The Morgan fingerprint density at radius 3 is 2.63 bits per heavy atom. The van der Waals surface area contributed by atoms with E-state index < -0.39 is 0 Å². The van der Waals surface area contributed by atoms with Gasteiger partial charge in [0.2, 0.25) is 0 Å². The molecule has 3 aromatic carbocycles. The number of aryl methyl sites for hydroxylation is 1. The average Bonchev–Trinajstić information content (AvgIpc) is 2.96. The summed E-state index contributed by atoms with van der Waals surface area (Å²) in [4.78, 5) is 4.97. The molecule has 5 heteroatoms. The maximum atomic E-state index is 9.91. The number of piperidine rings is 1.